The second kappa shape index (κ2) is 9.03. The Labute approximate surface area is 192 Å². The molecule has 0 aliphatic carbocycles. The van der Waals surface area contributed by atoms with E-state index in [0.29, 0.717) is 0 Å². The number of halogens is 3. The van der Waals surface area contributed by atoms with E-state index >= 15 is 0 Å². The Kier molecular flexibility index (Phi) is 6.28. The molecule has 2 aromatic heterocycles. The molecule has 1 saturated heterocycles. The van der Waals surface area contributed by atoms with E-state index in [1.54, 1.807) is 12.1 Å². The maximum Gasteiger partial charge on any atom is 0.417 e. The summed E-state index contributed by atoms with van der Waals surface area (Å²) in [7, 11) is -3.88. The number of fused-ring (bicyclic) bond motifs is 1. The molecule has 0 unspecified atom stereocenters. The van der Waals surface area contributed by atoms with E-state index in [4.69, 9.17) is 0 Å². The van der Waals surface area contributed by atoms with E-state index < -0.39 is 27.7 Å². The molecular weight excluding hydrogens is 473 g/mol. The van der Waals surface area contributed by atoms with Crippen molar-refractivity contribution in [3.05, 3.63) is 59.5 Å². The first-order valence-electron chi connectivity index (χ1n) is 10.3. The SMILES string of the molecule is N#Cc1ccccc1S(=O)(=O)N1CCC(C(=O)NCc2nnc3ccc(C(F)(F)F)cn23)CC1. The van der Waals surface area contributed by atoms with Crippen LogP contribution in [-0.2, 0) is 27.5 Å². The minimum atomic E-state index is -4.53. The summed E-state index contributed by atoms with van der Waals surface area (Å²) in [5, 5.41) is 19.5. The number of nitrogens with one attached hydrogen (secondary N) is 1. The van der Waals surface area contributed by atoms with E-state index in [1.165, 1.54) is 26.9 Å². The smallest absolute Gasteiger partial charge is 0.349 e. The van der Waals surface area contributed by atoms with Crippen molar-refractivity contribution in [3.8, 4) is 6.07 Å². The molecule has 1 N–H and O–H groups in total. The molecule has 0 radical (unpaired) electrons. The van der Waals surface area contributed by atoms with Crippen molar-refractivity contribution in [1.82, 2.24) is 24.2 Å². The number of nitrogens with zero attached hydrogens (tertiary/aromatic N) is 5. The molecule has 34 heavy (non-hydrogen) atoms. The van der Waals surface area contributed by atoms with Crippen LogP contribution in [0, 0.1) is 17.2 Å². The molecule has 0 saturated carbocycles. The summed E-state index contributed by atoms with van der Waals surface area (Å²) < 4.78 is 67.2. The van der Waals surface area contributed by atoms with E-state index in [1.807, 2.05) is 6.07 Å². The normalized spacial score (nSPS) is 15.8. The van der Waals surface area contributed by atoms with Crippen LogP contribution in [0.3, 0.4) is 0 Å². The van der Waals surface area contributed by atoms with Gasteiger partial charge in [0.15, 0.2) is 11.5 Å². The summed E-state index contributed by atoms with van der Waals surface area (Å²) >= 11 is 0. The monoisotopic (exact) mass is 492 g/mol. The van der Waals surface area contributed by atoms with Gasteiger partial charge in [-0.15, -0.1) is 10.2 Å². The summed E-state index contributed by atoms with van der Waals surface area (Å²) in [6, 6.07) is 9.90. The molecular formula is C21H19F3N6O3S. The molecule has 3 aromatic rings. The van der Waals surface area contributed by atoms with Gasteiger partial charge in [0, 0.05) is 25.2 Å². The number of alkyl halides is 3. The summed E-state index contributed by atoms with van der Waals surface area (Å²) in [4.78, 5) is 12.6. The zero-order valence-electron chi connectivity index (χ0n) is 17.7. The predicted octanol–water partition coefficient (Wildman–Crippen LogP) is 2.34. The number of rotatable bonds is 5. The van der Waals surface area contributed by atoms with E-state index in [9.17, 15) is 31.6 Å². The van der Waals surface area contributed by atoms with Crippen molar-refractivity contribution >= 4 is 21.6 Å². The third kappa shape index (κ3) is 4.59. The maximum atomic E-state index is 13.0. The summed E-state index contributed by atoms with van der Waals surface area (Å²) in [6.07, 6.45) is -3.13. The Bertz CT molecular complexity index is 1370. The molecule has 9 nitrogen and oxygen atoms in total. The fourth-order valence-corrected chi connectivity index (χ4v) is 5.43. The highest BCUT2D eigenvalue weighted by molar-refractivity contribution is 7.89. The first-order chi connectivity index (χ1) is 16.1. The summed E-state index contributed by atoms with van der Waals surface area (Å²) in [6.45, 7) is 0.0708. The van der Waals surface area contributed by atoms with E-state index in [2.05, 4.69) is 15.5 Å². The number of amides is 1. The van der Waals surface area contributed by atoms with Gasteiger partial charge >= 0.3 is 6.18 Å². The number of piperidine rings is 1. The van der Waals surface area contributed by atoms with Gasteiger partial charge in [0.1, 0.15) is 6.07 Å². The van der Waals surface area contributed by atoms with Gasteiger partial charge in [-0.25, -0.2) is 8.42 Å². The molecule has 1 fully saturated rings. The van der Waals surface area contributed by atoms with Gasteiger partial charge in [0.05, 0.1) is 22.6 Å². The second-order valence-electron chi connectivity index (χ2n) is 7.76. The molecule has 0 bridgehead atoms. The van der Waals surface area contributed by atoms with Gasteiger partial charge in [-0.1, -0.05) is 12.1 Å². The minimum absolute atomic E-state index is 0.0524. The lowest BCUT2D eigenvalue weighted by Gasteiger charge is -2.30. The molecule has 0 spiro atoms. The lowest BCUT2D eigenvalue weighted by molar-refractivity contribution is -0.138. The van der Waals surface area contributed by atoms with Crippen LogP contribution in [0.5, 0.6) is 0 Å². The Morgan fingerprint density at radius 3 is 2.53 bits per heavy atom. The number of carbonyl (C=O) groups is 1. The Hall–Kier alpha value is -3.50. The molecule has 4 rings (SSSR count). The molecule has 0 atom stereocenters. The topological polar surface area (TPSA) is 120 Å². The number of hydrogen-bond acceptors (Lipinski definition) is 6. The predicted molar refractivity (Wildman–Crippen MR) is 112 cm³/mol. The third-order valence-electron chi connectivity index (χ3n) is 5.67. The van der Waals surface area contributed by atoms with Crippen molar-refractivity contribution in [2.45, 2.75) is 30.5 Å². The van der Waals surface area contributed by atoms with Gasteiger partial charge in [-0.2, -0.15) is 22.7 Å². The zero-order chi connectivity index (χ0) is 24.5. The van der Waals surface area contributed by atoms with Crippen molar-refractivity contribution in [2.75, 3.05) is 13.1 Å². The number of sulfonamides is 1. The van der Waals surface area contributed by atoms with Gasteiger partial charge in [-0.3, -0.25) is 9.20 Å². The van der Waals surface area contributed by atoms with Gasteiger partial charge < -0.3 is 5.32 Å². The lowest BCUT2D eigenvalue weighted by atomic mass is 9.97. The van der Waals surface area contributed by atoms with Crippen LogP contribution >= 0.6 is 0 Å². The fraction of sp³-hybridized carbons (Fsp3) is 0.333. The Balaban J connectivity index is 1.39. The minimum Gasteiger partial charge on any atom is -0.349 e. The van der Waals surface area contributed by atoms with Crippen molar-refractivity contribution in [2.24, 2.45) is 5.92 Å². The number of nitriles is 1. The zero-order valence-corrected chi connectivity index (χ0v) is 18.5. The molecule has 1 aromatic carbocycles. The highest BCUT2D eigenvalue weighted by Crippen LogP contribution is 2.29. The Morgan fingerprint density at radius 1 is 1.15 bits per heavy atom. The lowest BCUT2D eigenvalue weighted by Crippen LogP contribution is -2.43. The molecule has 1 aliphatic heterocycles. The van der Waals surface area contributed by atoms with Crippen LogP contribution in [0.2, 0.25) is 0 Å². The summed E-state index contributed by atoms with van der Waals surface area (Å²) in [5.74, 6) is -0.677. The molecule has 1 amide bonds. The third-order valence-corrected chi connectivity index (χ3v) is 7.63. The highest BCUT2D eigenvalue weighted by Gasteiger charge is 2.34. The quantitative estimate of drug-likeness (QED) is 0.584. The molecule has 13 heteroatoms. The van der Waals surface area contributed by atoms with Gasteiger partial charge in [-0.05, 0) is 37.1 Å². The van der Waals surface area contributed by atoms with Crippen LogP contribution in [0.15, 0.2) is 47.5 Å². The van der Waals surface area contributed by atoms with Crippen molar-refractivity contribution < 1.29 is 26.4 Å². The molecule has 178 valence electrons. The van der Waals surface area contributed by atoms with Gasteiger partial charge in [0.2, 0.25) is 15.9 Å². The fourth-order valence-electron chi connectivity index (χ4n) is 3.82. The average molecular weight is 492 g/mol. The average Bonchev–Trinajstić information content (AvgIpc) is 3.24. The largest absolute Gasteiger partial charge is 0.417 e. The van der Waals surface area contributed by atoms with Crippen LogP contribution < -0.4 is 5.32 Å². The number of benzene rings is 1. The standard InChI is InChI=1S/C21H19F3N6O3S/c22-21(23,24)16-5-6-18-27-28-19(30(18)13-16)12-26-20(31)14-7-9-29(10-8-14)34(32,33)17-4-2-1-3-15(17)11-25/h1-6,13-14H,7-10,12H2,(H,26,31). The second-order valence-corrected chi connectivity index (χ2v) is 9.67. The van der Waals surface area contributed by atoms with E-state index in [-0.39, 0.29) is 60.3 Å². The van der Waals surface area contributed by atoms with Gasteiger partial charge in [0.25, 0.3) is 0 Å². The highest BCUT2D eigenvalue weighted by atomic mass is 32.2. The Morgan fingerprint density at radius 2 is 1.85 bits per heavy atom. The van der Waals surface area contributed by atoms with Crippen molar-refractivity contribution in [1.29, 1.82) is 5.26 Å². The first-order valence-corrected chi connectivity index (χ1v) is 11.7. The molecule has 1 aliphatic rings. The number of hydrogen-bond donors (Lipinski definition) is 1. The number of carbonyl (C=O) groups excluding carboxylic acids is 1. The van der Waals surface area contributed by atoms with Crippen LogP contribution in [-0.4, -0.2) is 46.3 Å². The first kappa shape index (κ1) is 23.7. The van der Waals surface area contributed by atoms with Crippen molar-refractivity contribution in [3.63, 3.8) is 0 Å². The summed E-state index contributed by atoms with van der Waals surface area (Å²) in [5.41, 5.74) is -0.594. The number of pyridine rings is 1. The van der Waals surface area contributed by atoms with E-state index in [0.717, 1.165) is 12.3 Å². The maximum absolute atomic E-state index is 13.0. The van der Waals surface area contributed by atoms with Crippen LogP contribution in [0.1, 0.15) is 29.8 Å². The molecule has 3 heterocycles. The number of aromatic nitrogens is 3. The van der Waals surface area contributed by atoms with Crippen LogP contribution in [0.25, 0.3) is 5.65 Å². The van der Waals surface area contributed by atoms with Crippen LogP contribution in [0.4, 0.5) is 13.2 Å².